The van der Waals surface area contributed by atoms with Crippen molar-refractivity contribution in [3.8, 4) is 0 Å². The Morgan fingerprint density at radius 3 is 2.70 bits per heavy atom. The monoisotopic (exact) mass is 301 g/mol. The summed E-state index contributed by atoms with van der Waals surface area (Å²) in [6, 6.07) is 0. The van der Waals surface area contributed by atoms with E-state index >= 15 is 0 Å². The number of aliphatic hydroxyl groups is 1. The molecule has 2 aliphatic rings. The second kappa shape index (κ2) is 9.29. The Labute approximate surface area is 128 Å². The van der Waals surface area contributed by atoms with Gasteiger partial charge in [0.25, 0.3) is 0 Å². The minimum atomic E-state index is -0.359. The van der Waals surface area contributed by atoms with E-state index in [1.54, 1.807) is 0 Å². The van der Waals surface area contributed by atoms with E-state index in [9.17, 15) is 5.11 Å². The zero-order valence-electron chi connectivity index (χ0n) is 12.9. The van der Waals surface area contributed by atoms with Crippen LogP contribution in [0.25, 0.3) is 0 Å². The molecular formula is C16H31NO2S. The third-order valence-corrected chi connectivity index (χ3v) is 5.74. The minimum absolute atomic E-state index is 0.359. The van der Waals surface area contributed by atoms with Crippen LogP contribution in [0.15, 0.2) is 0 Å². The molecule has 20 heavy (non-hydrogen) atoms. The Kier molecular flexibility index (Phi) is 7.71. The van der Waals surface area contributed by atoms with Crippen molar-refractivity contribution in [1.29, 1.82) is 0 Å². The molecule has 0 aromatic carbocycles. The van der Waals surface area contributed by atoms with Gasteiger partial charge in [-0.25, -0.2) is 0 Å². The van der Waals surface area contributed by atoms with Gasteiger partial charge in [0.2, 0.25) is 0 Å². The third kappa shape index (κ3) is 5.92. The fraction of sp³-hybridized carbons (Fsp3) is 1.00. The van der Waals surface area contributed by atoms with Crippen LogP contribution in [0.1, 0.15) is 45.4 Å². The van der Waals surface area contributed by atoms with Crippen LogP contribution in [-0.4, -0.2) is 48.5 Å². The number of thioether (sulfide) groups is 1. The summed E-state index contributed by atoms with van der Waals surface area (Å²) in [6.07, 6.45) is 7.72. The molecule has 2 N–H and O–H groups in total. The van der Waals surface area contributed by atoms with Gasteiger partial charge in [-0.2, -0.15) is 11.8 Å². The summed E-state index contributed by atoms with van der Waals surface area (Å²) in [7, 11) is 0. The minimum Gasteiger partial charge on any atom is -0.389 e. The Morgan fingerprint density at radius 2 is 1.95 bits per heavy atom. The fourth-order valence-electron chi connectivity index (χ4n) is 3.23. The number of aliphatic hydroxyl groups excluding tert-OH is 1. The molecule has 2 rings (SSSR count). The first-order valence-corrected chi connectivity index (χ1v) is 9.49. The van der Waals surface area contributed by atoms with Gasteiger partial charge in [-0.05, 0) is 55.6 Å². The standard InChI is InChI=1S/C16H31NO2S/c1-13-4-2-3-5-16(13)19-12-15(18)11-17-10-14-6-8-20-9-7-14/h13-18H,2-12H2,1H3. The second-order valence-electron chi connectivity index (χ2n) is 6.50. The SMILES string of the molecule is CC1CCCCC1OCC(O)CNCC1CCSCC1. The molecule has 0 bridgehead atoms. The van der Waals surface area contributed by atoms with Gasteiger partial charge in [-0.1, -0.05) is 19.8 Å². The number of nitrogens with one attached hydrogen (secondary N) is 1. The largest absolute Gasteiger partial charge is 0.389 e. The lowest BCUT2D eigenvalue weighted by atomic mass is 9.88. The van der Waals surface area contributed by atoms with Crippen LogP contribution in [-0.2, 0) is 4.74 Å². The van der Waals surface area contributed by atoms with E-state index in [4.69, 9.17) is 4.74 Å². The lowest BCUT2D eigenvalue weighted by Gasteiger charge is -2.29. The van der Waals surface area contributed by atoms with Gasteiger partial charge in [0.15, 0.2) is 0 Å². The third-order valence-electron chi connectivity index (χ3n) is 4.69. The molecule has 118 valence electrons. The van der Waals surface area contributed by atoms with Crippen LogP contribution in [0.4, 0.5) is 0 Å². The average Bonchev–Trinajstić information content (AvgIpc) is 2.47. The topological polar surface area (TPSA) is 41.5 Å². The molecule has 0 spiro atoms. The first kappa shape index (κ1) is 16.6. The molecule has 1 aliphatic carbocycles. The molecule has 1 saturated heterocycles. The van der Waals surface area contributed by atoms with Crippen molar-refractivity contribution < 1.29 is 9.84 Å². The number of rotatable bonds is 7. The molecule has 2 fully saturated rings. The first-order valence-electron chi connectivity index (χ1n) is 8.34. The molecule has 1 aliphatic heterocycles. The highest BCUT2D eigenvalue weighted by molar-refractivity contribution is 7.99. The fourth-order valence-corrected chi connectivity index (χ4v) is 4.43. The highest BCUT2D eigenvalue weighted by atomic mass is 32.2. The molecule has 3 unspecified atom stereocenters. The Morgan fingerprint density at radius 1 is 1.20 bits per heavy atom. The van der Waals surface area contributed by atoms with E-state index in [0.717, 1.165) is 12.5 Å². The van der Waals surface area contributed by atoms with E-state index < -0.39 is 0 Å². The Bertz CT molecular complexity index is 259. The van der Waals surface area contributed by atoms with Crippen LogP contribution in [0.2, 0.25) is 0 Å². The van der Waals surface area contributed by atoms with Crippen LogP contribution in [0.5, 0.6) is 0 Å². The lowest BCUT2D eigenvalue weighted by Crippen LogP contribution is -2.36. The molecule has 4 heteroatoms. The van der Waals surface area contributed by atoms with E-state index in [2.05, 4.69) is 24.0 Å². The molecule has 3 atom stereocenters. The van der Waals surface area contributed by atoms with Crippen LogP contribution < -0.4 is 5.32 Å². The van der Waals surface area contributed by atoms with E-state index in [-0.39, 0.29) is 6.10 Å². The van der Waals surface area contributed by atoms with Gasteiger partial charge in [-0.3, -0.25) is 0 Å². The maximum absolute atomic E-state index is 10.0. The van der Waals surface area contributed by atoms with Crippen molar-refractivity contribution in [3.63, 3.8) is 0 Å². The summed E-state index contributed by atoms with van der Waals surface area (Å²) in [5, 5.41) is 13.4. The molecule has 0 radical (unpaired) electrons. The van der Waals surface area contributed by atoms with Crippen molar-refractivity contribution in [3.05, 3.63) is 0 Å². The van der Waals surface area contributed by atoms with Gasteiger partial charge in [0.1, 0.15) is 0 Å². The highest BCUT2D eigenvalue weighted by Gasteiger charge is 2.22. The summed E-state index contributed by atoms with van der Waals surface area (Å²) in [5.41, 5.74) is 0. The average molecular weight is 301 g/mol. The maximum Gasteiger partial charge on any atom is 0.0897 e. The number of ether oxygens (including phenoxy) is 1. The number of hydrogen-bond donors (Lipinski definition) is 2. The first-order chi connectivity index (χ1) is 9.75. The predicted octanol–water partition coefficient (Wildman–Crippen LogP) is 2.68. The Hall–Kier alpha value is 0.230. The van der Waals surface area contributed by atoms with E-state index in [0.29, 0.717) is 25.2 Å². The summed E-state index contributed by atoms with van der Waals surface area (Å²) < 4.78 is 5.91. The second-order valence-corrected chi connectivity index (χ2v) is 7.73. The smallest absolute Gasteiger partial charge is 0.0897 e. The zero-order chi connectivity index (χ0) is 14.2. The zero-order valence-corrected chi connectivity index (χ0v) is 13.7. The highest BCUT2D eigenvalue weighted by Crippen LogP contribution is 2.26. The normalized spacial score (nSPS) is 30.3. The summed E-state index contributed by atoms with van der Waals surface area (Å²) in [6.45, 7) is 4.49. The van der Waals surface area contributed by atoms with Crippen molar-refractivity contribution >= 4 is 11.8 Å². The predicted molar refractivity (Wildman–Crippen MR) is 86.3 cm³/mol. The summed E-state index contributed by atoms with van der Waals surface area (Å²) in [5.74, 6) is 4.07. The maximum atomic E-state index is 10.0. The quantitative estimate of drug-likeness (QED) is 0.758. The summed E-state index contributed by atoms with van der Waals surface area (Å²) >= 11 is 2.07. The molecule has 0 aromatic heterocycles. The van der Waals surface area contributed by atoms with Gasteiger partial charge in [0.05, 0.1) is 18.8 Å². The van der Waals surface area contributed by atoms with Crippen LogP contribution >= 0.6 is 11.8 Å². The van der Waals surface area contributed by atoms with E-state index in [1.165, 1.54) is 50.0 Å². The number of hydrogen-bond acceptors (Lipinski definition) is 4. The van der Waals surface area contributed by atoms with Crippen LogP contribution in [0, 0.1) is 11.8 Å². The lowest BCUT2D eigenvalue weighted by molar-refractivity contribution is -0.0452. The van der Waals surface area contributed by atoms with Crippen molar-refractivity contribution in [2.45, 2.75) is 57.7 Å². The Balaban J connectivity index is 1.52. The van der Waals surface area contributed by atoms with Crippen molar-refractivity contribution in [2.24, 2.45) is 11.8 Å². The molecule has 0 aromatic rings. The van der Waals surface area contributed by atoms with Gasteiger partial charge in [0, 0.05) is 6.54 Å². The molecule has 1 heterocycles. The molecule has 1 saturated carbocycles. The summed E-state index contributed by atoms with van der Waals surface area (Å²) in [4.78, 5) is 0. The molecule has 0 amide bonds. The van der Waals surface area contributed by atoms with Crippen molar-refractivity contribution in [1.82, 2.24) is 5.32 Å². The van der Waals surface area contributed by atoms with Crippen molar-refractivity contribution in [2.75, 3.05) is 31.2 Å². The van der Waals surface area contributed by atoms with Crippen LogP contribution in [0.3, 0.4) is 0 Å². The molecular weight excluding hydrogens is 270 g/mol. The van der Waals surface area contributed by atoms with E-state index in [1.807, 2.05) is 0 Å². The van der Waals surface area contributed by atoms with Gasteiger partial charge in [-0.15, -0.1) is 0 Å². The molecule has 3 nitrogen and oxygen atoms in total. The van der Waals surface area contributed by atoms with Gasteiger partial charge >= 0.3 is 0 Å². The van der Waals surface area contributed by atoms with Gasteiger partial charge < -0.3 is 15.2 Å².